The molecule has 2 rings (SSSR count). The number of carbonyl (C=O) groups excluding carboxylic acids is 2. The van der Waals surface area contributed by atoms with Gasteiger partial charge in [-0.3, -0.25) is 0 Å². The van der Waals surface area contributed by atoms with E-state index in [1.54, 1.807) is 12.1 Å². The van der Waals surface area contributed by atoms with Crippen LogP contribution in [-0.2, 0) is 9.53 Å². The Labute approximate surface area is 157 Å². The Kier molecular flexibility index (Phi) is 6.44. The summed E-state index contributed by atoms with van der Waals surface area (Å²) in [6.07, 6.45) is 2.94. The Morgan fingerprint density at radius 2 is 1.74 bits per heavy atom. The lowest BCUT2D eigenvalue weighted by atomic mass is 9.98. The first kappa shape index (κ1) is 21.1. The Balaban J connectivity index is 2.09. The van der Waals surface area contributed by atoms with E-state index >= 15 is 0 Å². The van der Waals surface area contributed by atoms with Gasteiger partial charge in [0.05, 0.1) is 5.56 Å². The molecule has 150 valence electrons. The van der Waals surface area contributed by atoms with Crippen molar-refractivity contribution >= 4 is 11.9 Å². The third-order valence-corrected chi connectivity index (χ3v) is 5.05. The lowest BCUT2D eigenvalue weighted by Crippen LogP contribution is -2.53. The van der Waals surface area contributed by atoms with Crippen molar-refractivity contribution in [2.24, 2.45) is 5.92 Å². The second-order valence-corrected chi connectivity index (χ2v) is 7.35. The molecule has 1 aliphatic rings. The van der Waals surface area contributed by atoms with Crippen LogP contribution in [0.25, 0.3) is 0 Å². The molecule has 7 heteroatoms. The van der Waals surface area contributed by atoms with Gasteiger partial charge in [-0.1, -0.05) is 20.8 Å². The maximum Gasteiger partial charge on any atom is 0.338 e. The molecule has 27 heavy (non-hydrogen) atoms. The summed E-state index contributed by atoms with van der Waals surface area (Å²) in [6.45, 7) is 4.76. The minimum absolute atomic E-state index is 0.0409. The highest BCUT2D eigenvalue weighted by Gasteiger charge is 2.46. The quantitative estimate of drug-likeness (QED) is 0.644. The average molecular weight is 383 g/mol. The average Bonchev–Trinajstić information content (AvgIpc) is 3.08. The van der Waals surface area contributed by atoms with Crippen LogP contribution in [0.2, 0.25) is 0 Å². The monoisotopic (exact) mass is 383 g/mol. The highest BCUT2D eigenvalue weighted by atomic mass is 19.3. The van der Waals surface area contributed by atoms with E-state index in [-0.39, 0.29) is 11.2 Å². The summed E-state index contributed by atoms with van der Waals surface area (Å²) in [5, 5.41) is 10.7. The standard InChI is InChI=1S/C20H26F2O5/c1-4-19(11-5-6-12-19)27-15-9-7-14(8-10-15)17(23)26-16(13(2)3)20(21,22)18(24)25/h7-10,13,16H,4-6,11-12H2,1-3H3,(H,24,25)/p-1. The Morgan fingerprint density at radius 1 is 1.19 bits per heavy atom. The van der Waals surface area contributed by atoms with E-state index in [1.165, 1.54) is 26.0 Å². The molecule has 1 aliphatic carbocycles. The second kappa shape index (κ2) is 8.23. The third-order valence-electron chi connectivity index (χ3n) is 5.05. The molecule has 1 atom stereocenters. The number of esters is 1. The van der Waals surface area contributed by atoms with Crippen molar-refractivity contribution in [1.29, 1.82) is 0 Å². The van der Waals surface area contributed by atoms with E-state index in [0.717, 1.165) is 32.1 Å². The number of ether oxygens (including phenoxy) is 2. The van der Waals surface area contributed by atoms with Crippen LogP contribution in [0.1, 0.15) is 63.2 Å². The number of carboxylic acid groups (broad SMARTS) is 1. The molecule has 1 saturated carbocycles. The summed E-state index contributed by atoms with van der Waals surface area (Å²) >= 11 is 0. The number of halogens is 2. The van der Waals surface area contributed by atoms with Gasteiger partial charge >= 0.3 is 11.9 Å². The van der Waals surface area contributed by atoms with Gasteiger partial charge in [0.25, 0.3) is 0 Å². The van der Waals surface area contributed by atoms with Gasteiger partial charge in [-0.25, -0.2) is 4.79 Å². The first-order chi connectivity index (χ1) is 12.6. The van der Waals surface area contributed by atoms with Crippen LogP contribution >= 0.6 is 0 Å². The molecule has 0 saturated heterocycles. The van der Waals surface area contributed by atoms with E-state index < -0.39 is 29.9 Å². The van der Waals surface area contributed by atoms with Gasteiger partial charge in [0.15, 0.2) is 6.10 Å². The third kappa shape index (κ3) is 4.76. The normalized spacial score (nSPS) is 17.6. The second-order valence-electron chi connectivity index (χ2n) is 7.35. The van der Waals surface area contributed by atoms with Gasteiger partial charge in [-0.2, -0.15) is 8.78 Å². The summed E-state index contributed by atoms with van der Waals surface area (Å²) < 4.78 is 38.4. The Bertz CT molecular complexity index is 663. The van der Waals surface area contributed by atoms with Crippen molar-refractivity contribution < 1.29 is 33.0 Å². The summed E-state index contributed by atoms with van der Waals surface area (Å²) in [7, 11) is 0. The minimum Gasteiger partial charge on any atom is -0.544 e. The van der Waals surface area contributed by atoms with Crippen molar-refractivity contribution in [3.63, 3.8) is 0 Å². The van der Waals surface area contributed by atoms with E-state index in [0.29, 0.717) is 5.75 Å². The summed E-state index contributed by atoms with van der Waals surface area (Å²) in [4.78, 5) is 22.9. The highest BCUT2D eigenvalue weighted by Crippen LogP contribution is 2.37. The number of aliphatic carboxylic acids is 1. The maximum absolute atomic E-state index is 13.8. The zero-order valence-electron chi connectivity index (χ0n) is 15.8. The number of carboxylic acids is 1. The van der Waals surface area contributed by atoms with Crippen LogP contribution in [0.3, 0.4) is 0 Å². The first-order valence-corrected chi connectivity index (χ1v) is 9.20. The molecule has 0 heterocycles. The molecule has 5 nitrogen and oxygen atoms in total. The van der Waals surface area contributed by atoms with Gasteiger partial charge in [0, 0.05) is 0 Å². The molecule has 0 N–H and O–H groups in total. The minimum atomic E-state index is -4.27. The van der Waals surface area contributed by atoms with Crippen LogP contribution in [0, 0.1) is 5.92 Å². The van der Waals surface area contributed by atoms with E-state index in [1.807, 2.05) is 0 Å². The zero-order chi connectivity index (χ0) is 20.2. The Hall–Kier alpha value is -2.18. The van der Waals surface area contributed by atoms with Crippen molar-refractivity contribution in [2.45, 2.75) is 70.5 Å². The lowest BCUT2D eigenvalue weighted by Gasteiger charge is -2.30. The van der Waals surface area contributed by atoms with Crippen LogP contribution in [0.4, 0.5) is 8.78 Å². The van der Waals surface area contributed by atoms with Gasteiger partial charge in [-0.15, -0.1) is 0 Å². The number of carbonyl (C=O) groups is 2. The molecular weight excluding hydrogens is 358 g/mol. The predicted octanol–water partition coefficient (Wildman–Crippen LogP) is 3.35. The molecule has 0 radical (unpaired) electrons. The Morgan fingerprint density at radius 3 is 2.19 bits per heavy atom. The number of benzene rings is 1. The predicted molar refractivity (Wildman–Crippen MR) is 92.6 cm³/mol. The van der Waals surface area contributed by atoms with Crippen LogP contribution in [0.15, 0.2) is 24.3 Å². The van der Waals surface area contributed by atoms with Crippen LogP contribution in [-0.4, -0.2) is 29.6 Å². The smallest absolute Gasteiger partial charge is 0.338 e. The number of hydrogen-bond donors (Lipinski definition) is 0. The largest absolute Gasteiger partial charge is 0.544 e. The number of alkyl halides is 2. The number of rotatable bonds is 8. The SMILES string of the molecule is CCC1(Oc2ccc(C(=O)OC(C(C)C)C(F)(F)C(=O)[O-])cc2)CCCC1. The topological polar surface area (TPSA) is 75.7 Å². The van der Waals surface area contributed by atoms with Crippen LogP contribution < -0.4 is 9.84 Å². The fourth-order valence-corrected chi connectivity index (χ4v) is 3.38. The molecule has 1 aromatic carbocycles. The van der Waals surface area contributed by atoms with Crippen molar-refractivity contribution in [3.8, 4) is 5.75 Å². The lowest BCUT2D eigenvalue weighted by molar-refractivity contribution is -0.337. The van der Waals surface area contributed by atoms with Gasteiger partial charge in [-0.05, 0) is 62.3 Å². The van der Waals surface area contributed by atoms with Crippen molar-refractivity contribution in [2.75, 3.05) is 0 Å². The molecule has 0 aromatic heterocycles. The highest BCUT2D eigenvalue weighted by molar-refractivity contribution is 5.90. The molecular formula is C20H25F2O5-. The van der Waals surface area contributed by atoms with Gasteiger partial charge in [0.2, 0.25) is 0 Å². The van der Waals surface area contributed by atoms with E-state index in [9.17, 15) is 23.5 Å². The maximum atomic E-state index is 13.8. The van der Waals surface area contributed by atoms with Gasteiger partial charge < -0.3 is 19.4 Å². The molecule has 0 aliphatic heterocycles. The molecule has 0 spiro atoms. The van der Waals surface area contributed by atoms with E-state index in [2.05, 4.69) is 6.92 Å². The summed E-state index contributed by atoms with van der Waals surface area (Å²) in [5.74, 6) is -8.18. The fraction of sp³-hybridized carbons (Fsp3) is 0.600. The van der Waals surface area contributed by atoms with Gasteiger partial charge in [0.1, 0.15) is 17.3 Å². The number of hydrogen-bond acceptors (Lipinski definition) is 5. The van der Waals surface area contributed by atoms with E-state index in [4.69, 9.17) is 9.47 Å². The summed E-state index contributed by atoms with van der Waals surface area (Å²) in [6, 6.07) is 6.02. The molecule has 1 unspecified atom stereocenters. The van der Waals surface area contributed by atoms with Crippen molar-refractivity contribution in [3.05, 3.63) is 29.8 Å². The van der Waals surface area contributed by atoms with Crippen molar-refractivity contribution in [1.82, 2.24) is 0 Å². The first-order valence-electron chi connectivity index (χ1n) is 9.20. The molecule has 1 aromatic rings. The summed E-state index contributed by atoms with van der Waals surface area (Å²) in [5.41, 5.74) is -0.152. The zero-order valence-corrected chi connectivity index (χ0v) is 15.8. The molecule has 0 amide bonds. The fourth-order valence-electron chi connectivity index (χ4n) is 3.38. The molecule has 1 fully saturated rings. The molecule has 0 bridgehead atoms. The van der Waals surface area contributed by atoms with Crippen LogP contribution in [0.5, 0.6) is 5.75 Å².